The second-order valence-corrected chi connectivity index (χ2v) is 8.44. The fourth-order valence-corrected chi connectivity index (χ4v) is 4.32. The van der Waals surface area contributed by atoms with Gasteiger partial charge >= 0.3 is 5.97 Å². The number of rotatable bonds is 7. The molecule has 8 heteroatoms. The molecule has 0 spiro atoms. The number of carbonyl (C=O) groups excluding carboxylic acids is 1. The van der Waals surface area contributed by atoms with Gasteiger partial charge < -0.3 is 10.4 Å². The average molecular weight is 379 g/mol. The summed E-state index contributed by atoms with van der Waals surface area (Å²) in [7, 11) is -3.84. The van der Waals surface area contributed by atoms with Gasteiger partial charge in [-0.15, -0.1) is 0 Å². The molecule has 132 valence electrons. The summed E-state index contributed by atoms with van der Waals surface area (Å²) in [5.41, 5.74) is 0. The van der Waals surface area contributed by atoms with Crippen LogP contribution in [0.15, 0.2) is 69.3 Å². The Balaban J connectivity index is 2.14. The monoisotopic (exact) mass is 379 g/mol. The van der Waals surface area contributed by atoms with Crippen molar-refractivity contribution in [2.75, 3.05) is 5.75 Å². The molecule has 0 fully saturated rings. The molecule has 2 aromatic rings. The topological polar surface area (TPSA) is 101 Å². The van der Waals surface area contributed by atoms with Crippen LogP contribution >= 0.6 is 11.8 Å². The number of carbonyl (C=O) groups is 2. The maximum absolute atomic E-state index is 12.4. The molecule has 6 nitrogen and oxygen atoms in total. The van der Waals surface area contributed by atoms with Gasteiger partial charge in [0.1, 0.15) is 6.04 Å². The van der Waals surface area contributed by atoms with Gasteiger partial charge in [0.05, 0.1) is 10.6 Å². The van der Waals surface area contributed by atoms with Gasteiger partial charge in [0.25, 0.3) is 0 Å². The summed E-state index contributed by atoms with van der Waals surface area (Å²) in [4.78, 5) is 24.0. The Morgan fingerprint density at radius 3 is 2.12 bits per heavy atom. The smallest absolute Gasteiger partial charge is 0.327 e. The minimum atomic E-state index is -3.84. The molecule has 2 aromatic carbocycles. The molecular formula is C17H17NO5S2. The lowest BCUT2D eigenvalue weighted by Gasteiger charge is -2.13. The van der Waals surface area contributed by atoms with E-state index in [1.165, 1.54) is 23.9 Å². The fraction of sp³-hybridized carbons (Fsp3) is 0.176. The molecule has 1 atom stereocenters. The van der Waals surface area contributed by atoms with Crippen LogP contribution in [0.25, 0.3) is 0 Å². The number of hydrogen-bond donors (Lipinski definition) is 2. The fourth-order valence-electron chi connectivity index (χ4n) is 2.08. The van der Waals surface area contributed by atoms with Crippen molar-refractivity contribution >= 4 is 33.5 Å². The third kappa shape index (κ3) is 5.61. The Labute approximate surface area is 150 Å². The number of aliphatic carboxylic acids is 1. The van der Waals surface area contributed by atoms with Crippen LogP contribution in [0, 0.1) is 0 Å². The van der Waals surface area contributed by atoms with E-state index in [-0.39, 0.29) is 4.90 Å². The molecule has 25 heavy (non-hydrogen) atoms. The van der Waals surface area contributed by atoms with Crippen LogP contribution in [0.2, 0.25) is 0 Å². The predicted molar refractivity (Wildman–Crippen MR) is 94.3 cm³/mol. The number of nitrogens with one attached hydrogen (secondary N) is 1. The Morgan fingerprint density at radius 1 is 1.04 bits per heavy atom. The first-order valence-corrected chi connectivity index (χ1v) is 9.80. The van der Waals surface area contributed by atoms with Gasteiger partial charge in [-0.1, -0.05) is 30.0 Å². The van der Waals surface area contributed by atoms with Crippen molar-refractivity contribution in [3.8, 4) is 0 Å². The highest BCUT2D eigenvalue weighted by atomic mass is 32.2. The first-order chi connectivity index (χ1) is 11.8. The summed E-state index contributed by atoms with van der Waals surface area (Å²) >= 11 is 1.49. The maximum atomic E-state index is 12.4. The van der Waals surface area contributed by atoms with E-state index >= 15 is 0 Å². The lowest BCUT2D eigenvalue weighted by atomic mass is 10.3. The van der Waals surface area contributed by atoms with Crippen LogP contribution in [0.1, 0.15) is 6.92 Å². The number of carboxylic acids is 1. The number of hydrogen-bond acceptors (Lipinski definition) is 5. The number of sulfone groups is 1. The first kappa shape index (κ1) is 19.0. The Bertz CT molecular complexity index is 848. The lowest BCUT2D eigenvalue weighted by Crippen LogP contribution is -2.44. The van der Waals surface area contributed by atoms with Crippen LogP contribution in [0.5, 0.6) is 0 Å². The zero-order valence-electron chi connectivity index (χ0n) is 13.4. The van der Waals surface area contributed by atoms with Crippen molar-refractivity contribution in [1.29, 1.82) is 0 Å². The first-order valence-electron chi connectivity index (χ1n) is 7.33. The second-order valence-electron chi connectivity index (χ2n) is 5.26. The van der Waals surface area contributed by atoms with E-state index < -0.39 is 33.5 Å². The third-order valence-corrected chi connectivity index (χ3v) is 6.00. The molecule has 0 aliphatic heterocycles. The number of carboxylic acid groups (broad SMARTS) is 1. The highest BCUT2D eigenvalue weighted by molar-refractivity contribution is 7.99. The molecule has 0 aliphatic carbocycles. The number of amides is 1. The van der Waals surface area contributed by atoms with Crippen LogP contribution in [-0.2, 0) is 19.4 Å². The summed E-state index contributed by atoms with van der Waals surface area (Å²) in [6.07, 6.45) is 0. The quantitative estimate of drug-likeness (QED) is 0.765. The molecule has 0 bridgehead atoms. The van der Waals surface area contributed by atoms with E-state index in [2.05, 4.69) is 5.32 Å². The molecule has 0 aromatic heterocycles. The largest absolute Gasteiger partial charge is 0.480 e. The molecule has 0 unspecified atom stereocenters. The van der Waals surface area contributed by atoms with Crippen LogP contribution in [0.3, 0.4) is 0 Å². The summed E-state index contributed by atoms with van der Waals surface area (Å²) in [5.74, 6) is -2.69. The van der Waals surface area contributed by atoms with Crippen molar-refractivity contribution in [3.63, 3.8) is 0 Å². The Kier molecular flexibility index (Phi) is 6.22. The van der Waals surface area contributed by atoms with Crippen molar-refractivity contribution in [2.45, 2.75) is 27.7 Å². The molecule has 0 saturated heterocycles. The van der Waals surface area contributed by atoms with Gasteiger partial charge in [0.15, 0.2) is 9.84 Å². The molecule has 0 aliphatic rings. The van der Waals surface area contributed by atoms with Gasteiger partial charge in [0, 0.05) is 16.7 Å². The van der Waals surface area contributed by atoms with Crippen molar-refractivity contribution < 1.29 is 23.1 Å². The average Bonchev–Trinajstić information content (AvgIpc) is 2.55. The highest BCUT2D eigenvalue weighted by Crippen LogP contribution is 2.28. The summed E-state index contributed by atoms with van der Waals surface area (Å²) < 4.78 is 24.8. The van der Waals surface area contributed by atoms with Gasteiger partial charge in [-0.3, -0.25) is 4.79 Å². The Morgan fingerprint density at radius 2 is 1.60 bits per heavy atom. The summed E-state index contributed by atoms with van der Waals surface area (Å²) in [6, 6.07) is 14.3. The molecular weight excluding hydrogens is 362 g/mol. The zero-order chi connectivity index (χ0) is 18.4. The summed E-state index contributed by atoms with van der Waals surface area (Å²) in [5, 5.41) is 11.2. The minimum Gasteiger partial charge on any atom is -0.480 e. The van der Waals surface area contributed by atoms with Gasteiger partial charge in [-0.05, 0) is 36.4 Å². The van der Waals surface area contributed by atoms with E-state index in [0.717, 1.165) is 16.7 Å². The molecule has 2 rings (SSSR count). The Hall–Kier alpha value is -2.32. The zero-order valence-corrected chi connectivity index (χ0v) is 15.0. The standard InChI is InChI=1S/C17H17NO5S2/c1-12(19)18-16(17(20)21)11-25(22,23)15-9-7-14(8-10-15)24-13-5-3-2-4-6-13/h2-10,16H,11H2,1H3,(H,18,19)(H,20,21)/t16-/m0/s1. The second kappa shape index (κ2) is 8.17. The summed E-state index contributed by atoms with van der Waals surface area (Å²) in [6.45, 7) is 1.14. The normalized spacial score (nSPS) is 12.4. The highest BCUT2D eigenvalue weighted by Gasteiger charge is 2.27. The minimum absolute atomic E-state index is 0.0153. The van der Waals surface area contributed by atoms with E-state index in [1.807, 2.05) is 30.3 Å². The SMILES string of the molecule is CC(=O)N[C@@H](CS(=O)(=O)c1ccc(Sc2ccccc2)cc1)C(=O)O. The van der Waals surface area contributed by atoms with Crippen molar-refractivity contribution in [1.82, 2.24) is 5.32 Å². The molecule has 2 N–H and O–H groups in total. The van der Waals surface area contributed by atoms with Gasteiger partial charge in [-0.2, -0.15) is 0 Å². The van der Waals surface area contributed by atoms with E-state index in [0.29, 0.717) is 0 Å². The number of benzene rings is 2. The van der Waals surface area contributed by atoms with Gasteiger partial charge in [-0.25, -0.2) is 13.2 Å². The molecule has 0 radical (unpaired) electrons. The molecule has 0 saturated carbocycles. The van der Waals surface area contributed by atoms with Crippen molar-refractivity contribution in [2.24, 2.45) is 0 Å². The third-order valence-electron chi connectivity index (χ3n) is 3.22. The van der Waals surface area contributed by atoms with Crippen LogP contribution in [0.4, 0.5) is 0 Å². The van der Waals surface area contributed by atoms with Crippen molar-refractivity contribution in [3.05, 3.63) is 54.6 Å². The lowest BCUT2D eigenvalue weighted by molar-refractivity contribution is -0.140. The predicted octanol–water partition coefficient (Wildman–Crippen LogP) is 2.20. The van der Waals surface area contributed by atoms with E-state index in [9.17, 15) is 18.0 Å². The van der Waals surface area contributed by atoms with Crippen LogP contribution < -0.4 is 5.32 Å². The van der Waals surface area contributed by atoms with Crippen LogP contribution in [-0.4, -0.2) is 37.2 Å². The molecule has 1 amide bonds. The van der Waals surface area contributed by atoms with E-state index in [1.54, 1.807) is 12.1 Å². The molecule has 0 heterocycles. The van der Waals surface area contributed by atoms with E-state index in [4.69, 9.17) is 5.11 Å². The maximum Gasteiger partial charge on any atom is 0.327 e. The van der Waals surface area contributed by atoms with Gasteiger partial charge in [0.2, 0.25) is 5.91 Å².